The quantitative estimate of drug-likeness (QED) is 0.394. The molecule has 1 N–H and O–H groups in total. The molecule has 2 unspecified atom stereocenters. The summed E-state index contributed by atoms with van der Waals surface area (Å²) in [6.07, 6.45) is 2.24. The maximum Gasteiger partial charge on any atom is 0.242 e. The second-order valence-corrected chi connectivity index (χ2v) is 11.6. The minimum Gasteiger partial charge on any atom is -0.497 e. The van der Waals surface area contributed by atoms with Gasteiger partial charge in [0.2, 0.25) is 21.8 Å². The molecule has 0 radical (unpaired) electrons. The minimum atomic E-state index is -3.61. The lowest BCUT2D eigenvalue weighted by Gasteiger charge is -2.30. The van der Waals surface area contributed by atoms with Gasteiger partial charge in [-0.2, -0.15) is 0 Å². The summed E-state index contributed by atoms with van der Waals surface area (Å²) in [4.78, 5) is 27.9. The van der Waals surface area contributed by atoms with Gasteiger partial charge >= 0.3 is 0 Å². The number of carbonyl (C=O) groups is 2. The van der Waals surface area contributed by atoms with Crippen LogP contribution >= 0.6 is 11.6 Å². The molecule has 2 aromatic carbocycles. The van der Waals surface area contributed by atoms with Crippen molar-refractivity contribution in [2.45, 2.75) is 65.6 Å². The van der Waals surface area contributed by atoms with Gasteiger partial charge in [0.25, 0.3) is 0 Å². The molecule has 2 aromatic rings. The molecular weight excluding hydrogens is 514 g/mol. The monoisotopic (exact) mass is 551 g/mol. The van der Waals surface area contributed by atoms with Gasteiger partial charge in [-0.05, 0) is 69.0 Å². The maximum absolute atomic E-state index is 13.4. The van der Waals surface area contributed by atoms with E-state index >= 15 is 0 Å². The summed E-state index contributed by atoms with van der Waals surface area (Å²) in [5.41, 5.74) is 2.07. The highest BCUT2D eigenvalue weighted by Crippen LogP contribution is 2.27. The first kappa shape index (κ1) is 30.4. The van der Waals surface area contributed by atoms with Crippen LogP contribution in [0.25, 0.3) is 0 Å². The number of nitrogens with zero attached hydrogens (tertiary/aromatic N) is 2. The van der Waals surface area contributed by atoms with Crippen molar-refractivity contribution in [1.82, 2.24) is 10.2 Å². The SMILES string of the molecule is CCC(C)NC(=O)C(C)N(Cc1cccc(OC)c1)C(=O)CCCN(c1cc(Cl)ccc1C)S(C)(=O)=O. The number of hydrogen-bond acceptors (Lipinski definition) is 5. The van der Waals surface area contributed by atoms with E-state index in [2.05, 4.69) is 5.32 Å². The number of hydrogen-bond donors (Lipinski definition) is 1. The zero-order valence-electron chi connectivity index (χ0n) is 22.5. The Hall–Kier alpha value is -2.78. The largest absolute Gasteiger partial charge is 0.497 e. The average molecular weight is 552 g/mol. The third-order valence-electron chi connectivity index (χ3n) is 6.25. The van der Waals surface area contributed by atoms with E-state index in [0.29, 0.717) is 16.5 Å². The number of anilines is 1. The first-order chi connectivity index (χ1) is 17.4. The first-order valence-electron chi connectivity index (χ1n) is 12.3. The smallest absolute Gasteiger partial charge is 0.242 e. The van der Waals surface area contributed by atoms with E-state index in [-0.39, 0.29) is 43.8 Å². The second-order valence-electron chi connectivity index (χ2n) is 9.24. The number of aryl methyl sites for hydroxylation is 1. The van der Waals surface area contributed by atoms with Crippen molar-refractivity contribution in [2.24, 2.45) is 0 Å². The van der Waals surface area contributed by atoms with Gasteiger partial charge in [-0.25, -0.2) is 8.42 Å². The average Bonchev–Trinajstić information content (AvgIpc) is 2.85. The molecule has 2 atom stereocenters. The van der Waals surface area contributed by atoms with E-state index in [0.717, 1.165) is 23.8 Å². The second kappa shape index (κ2) is 13.7. The zero-order valence-corrected chi connectivity index (χ0v) is 24.0. The number of benzene rings is 2. The normalized spacial score (nSPS) is 12.9. The number of ether oxygens (including phenoxy) is 1. The molecule has 0 bridgehead atoms. The van der Waals surface area contributed by atoms with Gasteiger partial charge < -0.3 is 15.0 Å². The van der Waals surface area contributed by atoms with E-state index in [1.165, 1.54) is 9.21 Å². The summed E-state index contributed by atoms with van der Waals surface area (Å²) in [6.45, 7) is 7.72. The number of methoxy groups -OCH3 is 1. The van der Waals surface area contributed by atoms with E-state index in [4.69, 9.17) is 16.3 Å². The zero-order chi connectivity index (χ0) is 27.8. The Kier molecular flexibility index (Phi) is 11.3. The number of nitrogens with one attached hydrogen (secondary N) is 1. The summed E-state index contributed by atoms with van der Waals surface area (Å²) in [7, 11) is -2.04. The van der Waals surface area contributed by atoms with Gasteiger partial charge in [-0.1, -0.05) is 36.7 Å². The predicted octanol–water partition coefficient (Wildman–Crippen LogP) is 4.54. The Morgan fingerprint density at radius 2 is 1.84 bits per heavy atom. The van der Waals surface area contributed by atoms with Gasteiger partial charge in [-0.15, -0.1) is 0 Å². The number of sulfonamides is 1. The summed E-state index contributed by atoms with van der Waals surface area (Å²) < 4.78 is 31.7. The van der Waals surface area contributed by atoms with E-state index in [1.807, 2.05) is 45.0 Å². The van der Waals surface area contributed by atoms with Crippen LogP contribution in [0.2, 0.25) is 5.02 Å². The lowest BCUT2D eigenvalue weighted by Crippen LogP contribution is -2.49. The molecule has 0 fully saturated rings. The van der Waals surface area contributed by atoms with E-state index in [1.54, 1.807) is 32.2 Å². The van der Waals surface area contributed by atoms with Gasteiger partial charge in [-0.3, -0.25) is 13.9 Å². The fourth-order valence-electron chi connectivity index (χ4n) is 3.85. The van der Waals surface area contributed by atoms with Gasteiger partial charge in [0, 0.05) is 30.6 Å². The van der Waals surface area contributed by atoms with Crippen LogP contribution in [0.5, 0.6) is 5.75 Å². The van der Waals surface area contributed by atoms with Crippen LogP contribution in [0.3, 0.4) is 0 Å². The fourth-order valence-corrected chi connectivity index (χ4v) is 5.03. The summed E-state index contributed by atoms with van der Waals surface area (Å²) >= 11 is 6.12. The minimum absolute atomic E-state index is 0.0204. The third kappa shape index (κ3) is 8.93. The molecule has 204 valence electrons. The molecule has 2 amide bonds. The van der Waals surface area contributed by atoms with Crippen LogP contribution in [-0.4, -0.2) is 57.1 Å². The topological polar surface area (TPSA) is 96.0 Å². The van der Waals surface area contributed by atoms with Gasteiger partial charge in [0.1, 0.15) is 11.8 Å². The summed E-state index contributed by atoms with van der Waals surface area (Å²) in [5, 5.41) is 3.37. The predicted molar refractivity (Wildman–Crippen MR) is 149 cm³/mol. The Morgan fingerprint density at radius 1 is 1.14 bits per heavy atom. The fraction of sp³-hybridized carbons (Fsp3) is 0.481. The lowest BCUT2D eigenvalue weighted by atomic mass is 10.1. The van der Waals surface area contributed by atoms with E-state index in [9.17, 15) is 18.0 Å². The van der Waals surface area contributed by atoms with Crippen molar-refractivity contribution >= 4 is 39.1 Å². The molecule has 0 heterocycles. The molecule has 0 aliphatic rings. The Morgan fingerprint density at radius 3 is 2.46 bits per heavy atom. The number of rotatable bonds is 13. The molecular formula is C27H38ClN3O5S. The molecule has 0 spiro atoms. The van der Waals surface area contributed by atoms with Crippen LogP contribution in [0.1, 0.15) is 51.2 Å². The van der Waals surface area contributed by atoms with E-state index < -0.39 is 16.1 Å². The number of halogens is 1. The van der Waals surface area contributed by atoms with Crippen molar-refractivity contribution in [1.29, 1.82) is 0 Å². The molecule has 0 aliphatic carbocycles. The molecule has 8 nitrogen and oxygen atoms in total. The van der Waals surface area contributed by atoms with Gasteiger partial charge in [0.05, 0.1) is 19.1 Å². The highest BCUT2D eigenvalue weighted by atomic mass is 35.5. The first-order valence-corrected chi connectivity index (χ1v) is 14.6. The summed E-state index contributed by atoms with van der Waals surface area (Å²) in [5.74, 6) is 0.172. The molecule has 10 heteroatoms. The molecule has 0 saturated carbocycles. The Labute approximate surface area is 226 Å². The van der Waals surface area contributed by atoms with Crippen molar-refractivity contribution in [3.8, 4) is 5.75 Å². The molecule has 2 rings (SSSR count). The highest BCUT2D eigenvalue weighted by Gasteiger charge is 2.27. The number of carbonyl (C=O) groups excluding carboxylic acids is 2. The maximum atomic E-state index is 13.4. The van der Waals surface area contributed by atoms with Crippen LogP contribution < -0.4 is 14.4 Å². The lowest BCUT2D eigenvalue weighted by molar-refractivity contribution is -0.140. The highest BCUT2D eigenvalue weighted by molar-refractivity contribution is 7.92. The summed E-state index contributed by atoms with van der Waals surface area (Å²) in [6, 6.07) is 11.7. The third-order valence-corrected chi connectivity index (χ3v) is 7.66. The van der Waals surface area contributed by atoms with Crippen LogP contribution in [-0.2, 0) is 26.2 Å². The standard InChI is InChI=1S/C27H38ClN3O5S/c1-7-20(3)29-27(33)21(4)30(18-22-10-8-11-24(16-22)36-5)26(32)12-9-15-31(37(6,34)35)25-17-23(28)14-13-19(25)2/h8,10-11,13-14,16-17,20-21H,7,9,12,15,18H2,1-6H3,(H,29,33). The van der Waals surface area contributed by atoms with Crippen molar-refractivity contribution in [3.05, 3.63) is 58.6 Å². The molecule has 37 heavy (non-hydrogen) atoms. The van der Waals surface area contributed by atoms with Crippen LogP contribution in [0.15, 0.2) is 42.5 Å². The Balaban J connectivity index is 2.23. The van der Waals surface area contributed by atoms with Crippen molar-refractivity contribution in [3.63, 3.8) is 0 Å². The van der Waals surface area contributed by atoms with Crippen LogP contribution in [0.4, 0.5) is 5.69 Å². The molecule has 0 saturated heterocycles. The van der Waals surface area contributed by atoms with Gasteiger partial charge in [0.15, 0.2) is 0 Å². The molecule has 0 aliphatic heterocycles. The Bertz CT molecular complexity index is 1190. The molecule has 0 aromatic heterocycles. The van der Waals surface area contributed by atoms with Crippen molar-refractivity contribution in [2.75, 3.05) is 24.2 Å². The van der Waals surface area contributed by atoms with Crippen LogP contribution in [0, 0.1) is 6.92 Å². The van der Waals surface area contributed by atoms with Crippen molar-refractivity contribution < 1.29 is 22.7 Å². The number of amides is 2.